The summed E-state index contributed by atoms with van der Waals surface area (Å²) in [6.45, 7) is 0.371. The molecule has 3 aromatic rings. The molecule has 0 bridgehead atoms. The van der Waals surface area contributed by atoms with Crippen LogP contribution in [-0.2, 0) is 0 Å². The maximum absolute atomic E-state index is 10.3. The highest BCUT2D eigenvalue weighted by atomic mass is 16.5. The molecule has 0 spiro atoms. The summed E-state index contributed by atoms with van der Waals surface area (Å²) in [6, 6.07) is 16.8. The van der Waals surface area contributed by atoms with Crippen LogP contribution in [0.1, 0.15) is 0 Å². The lowest BCUT2D eigenvalue weighted by molar-refractivity contribution is -0.250. The van der Waals surface area contributed by atoms with Crippen molar-refractivity contribution in [2.45, 2.75) is 0 Å². The van der Waals surface area contributed by atoms with Gasteiger partial charge in [0.2, 0.25) is 5.88 Å². The molecule has 1 aromatic heterocycles. The van der Waals surface area contributed by atoms with Crippen LogP contribution in [0.4, 0.5) is 4.79 Å². The third-order valence-corrected chi connectivity index (χ3v) is 4.00. The molecule has 2 aromatic carbocycles. The third kappa shape index (κ3) is 4.53. The fourth-order valence-corrected chi connectivity index (χ4v) is 2.63. The van der Waals surface area contributed by atoms with Crippen molar-refractivity contribution in [2.24, 2.45) is 0 Å². The van der Waals surface area contributed by atoms with Crippen molar-refractivity contribution in [1.82, 2.24) is 15.1 Å². The van der Waals surface area contributed by atoms with Crippen molar-refractivity contribution in [1.29, 1.82) is 0 Å². The molecule has 0 radical (unpaired) electrons. The summed E-state index contributed by atoms with van der Waals surface area (Å²) in [5, 5.41) is 16.9. The molecule has 0 saturated carbocycles. The predicted octanol–water partition coefficient (Wildman–Crippen LogP) is 1.87. The van der Waals surface area contributed by atoms with Crippen molar-refractivity contribution in [3.8, 4) is 34.3 Å². The number of hydrogen-bond acceptors (Lipinski definition) is 6. The molecule has 0 aliphatic carbocycles. The van der Waals surface area contributed by atoms with Gasteiger partial charge in [0, 0.05) is 11.6 Å². The SMILES string of the molecule is COc1ccc(-n2nc(OC)cc2-c2ccc(OCCNC(=O)[O-])cc2)cc1. The van der Waals surface area contributed by atoms with Gasteiger partial charge in [-0.15, -0.1) is 5.10 Å². The van der Waals surface area contributed by atoms with Crippen LogP contribution in [0.15, 0.2) is 54.6 Å². The second-order valence-electron chi connectivity index (χ2n) is 5.77. The van der Waals surface area contributed by atoms with Gasteiger partial charge in [0.05, 0.1) is 32.1 Å². The summed E-state index contributed by atoms with van der Waals surface area (Å²) in [5.74, 6) is 1.89. The fourth-order valence-electron chi connectivity index (χ4n) is 2.63. The summed E-state index contributed by atoms with van der Waals surface area (Å²) < 4.78 is 17.8. The van der Waals surface area contributed by atoms with E-state index in [4.69, 9.17) is 14.2 Å². The molecule has 8 heteroatoms. The van der Waals surface area contributed by atoms with E-state index in [1.165, 1.54) is 0 Å². The minimum Gasteiger partial charge on any atom is -0.530 e. The highest BCUT2D eigenvalue weighted by Gasteiger charge is 2.12. The zero-order chi connectivity index (χ0) is 19.9. The molecule has 0 fully saturated rings. The van der Waals surface area contributed by atoms with Crippen molar-refractivity contribution >= 4 is 6.09 Å². The fraction of sp³-hybridized carbons (Fsp3) is 0.200. The third-order valence-electron chi connectivity index (χ3n) is 4.00. The number of ether oxygens (including phenoxy) is 3. The Hall–Kier alpha value is -3.68. The van der Waals surface area contributed by atoms with Gasteiger partial charge in [-0.2, -0.15) is 0 Å². The van der Waals surface area contributed by atoms with Gasteiger partial charge in [-0.3, -0.25) is 0 Å². The number of carbonyl (C=O) groups excluding carboxylic acids is 1. The van der Waals surface area contributed by atoms with E-state index in [1.54, 1.807) is 18.9 Å². The number of nitrogens with one attached hydrogen (secondary N) is 1. The first-order valence-corrected chi connectivity index (χ1v) is 8.57. The normalized spacial score (nSPS) is 10.4. The Morgan fingerprint density at radius 1 is 1.04 bits per heavy atom. The van der Waals surface area contributed by atoms with E-state index in [1.807, 2.05) is 54.6 Å². The van der Waals surface area contributed by atoms with Crippen molar-refractivity contribution in [3.63, 3.8) is 0 Å². The smallest absolute Gasteiger partial charge is 0.233 e. The van der Waals surface area contributed by atoms with E-state index in [-0.39, 0.29) is 13.2 Å². The molecule has 28 heavy (non-hydrogen) atoms. The monoisotopic (exact) mass is 382 g/mol. The minimum absolute atomic E-state index is 0.158. The Labute approximate surface area is 162 Å². The summed E-state index contributed by atoms with van der Waals surface area (Å²) in [5.41, 5.74) is 2.65. The Balaban J connectivity index is 1.80. The number of aromatic nitrogens is 2. The maximum Gasteiger partial charge on any atom is 0.233 e. The lowest BCUT2D eigenvalue weighted by Gasteiger charge is -2.10. The lowest BCUT2D eigenvalue weighted by Crippen LogP contribution is -2.38. The number of hydrogen-bond donors (Lipinski definition) is 1. The van der Waals surface area contributed by atoms with E-state index in [2.05, 4.69) is 10.4 Å². The van der Waals surface area contributed by atoms with E-state index < -0.39 is 6.09 Å². The van der Waals surface area contributed by atoms with Crippen molar-refractivity contribution in [2.75, 3.05) is 27.4 Å². The summed E-state index contributed by atoms with van der Waals surface area (Å²) in [7, 11) is 3.19. The molecule has 0 atom stereocenters. The average Bonchev–Trinajstić information content (AvgIpc) is 3.16. The number of rotatable bonds is 8. The molecule has 8 nitrogen and oxygen atoms in total. The number of methoxy groups -OCH3 is 2. The van der Waals surface area contributed by atoms with Crippen LogP contribution in [0, 0.1) is 0 Å². The largest absolute Gasteiger partial charge is 0.530 e. The first-order valence-electron chi connectivity index (χ1n) is 8.57. The molecule has 3 rings (SSSR count). The number of carbonyl (C=O) groups is 1. The molecule has 0 unspecified atom stereocenters. The van der Waals surface area contributed by atoms with Gasteiger partial charge in [0.15, 0.2) is 0 Å². The first kappa shape index (κ1) is 19.1. The molecule has 146 valence electrons. The Morgan fingerprint density at radius 3 is 2.32 bits per heavy atom. The standard InChI is InChI=1S/C20H21N3O5/c1-26-16-9-5-15(6-10-16)23-18(13-19(22-23)27-2)14-3-7-17(8-4-14)28-12-11-21-20(24)25/h3-10,13,21H,11-12H2,1-2H3,(H,24,25)/p-1. The van der Waals surface area contributed by atoms with E-state index in [9.17, 15) is 9.90 Å². The number of carboxylic acid groups (broad SMARTS) is 1. The number of nitrogens with zero attached hydrogens (tertiary/aromatic N) is 2. The van der Waals surface area contributed by atoms with Crippen molar-refractivity contribution in [3.05, 3.63) is 54.6 Å². The average molecular weight is 382 g/mol. The topological polar surface area (TPSA) is 97.7 Å². The van der Waals surface area contributed by atoms with E-state index >= 15 is 0 Å². The van der Waals surface area contributed by atoms with Crippen LogP contribution in [0.3, 0.4) is 0 Å². The molecule has 0 aliphatic heterocycles. The summed E-state index contributed by atoms with van der Waals surface area (Å²) >= 11 is 0. The molecular formula is C20H20N3O5-. The second kappa shape index (κ2) is 8.81. The predicted molar refractivity (Wildman–Crippen MR) is 101 cm³/mol. The van der Waals surface area contributed by atoms with Gasteiger partial charge in [0.1, 0.15) is 24.2 Å². The quantitative estimate of drug-likeness (QED) is 0.598. The molecular weight excluding hydrogens is 362 g/mol. The second-order valence-corrected chi connectivity index (χ2v) is 5.77. The Morgan fingerprint density at radius 2 is 1.71 bits per heavy atom. The van der Waals surface area contributed by atoms with Crippen molar-refractivity contribution < 1.29 is 24.1 Å². The van der Waals surface area contributed by atoms with Crippen LogP contribution >= 0.6 is 0 Å². The van der Waals surface area contributed by atoms with E-state index in [0.29, 0.717) is 11.6 Å². The molecule has 0 saturated heterocycles. The first-order chi connectivity index (χ1) is 13.6. The molecule has 1 N–H and O–H groups in total. The van der Waals surface area contributed by atoms with Gasteiger partial charge >= 0.3 is 0 Å². The maximum atomic E-state index is 10.3. The van der Waals surface area contributed by atoms with Crippen LogP contribution in [0.25, 0.3) is 16.9 Å². The zero-order valence-electron chi connectivity index (χ0n) is 15.5. The summed E-state index contributed by atoms with van der Waals surface area (Å²) in [6.07, 6.45) is -1.32. The van der Waals surface area contributed by atoms with Crippen LogP contribution < -0.4 is 24.6 Å². The van der Waals surface area contributed by atoms with E-state index in [0.717, 1.165) is 22.7 Å². The van der Waals surface area contributed by atoms with Gasteiger partial charge in [-0.05, 0) is 48.5 Å². The zero-order valence-corrected chi connectivity index (χ0v) is 15.5. The highest BCUT2D eigenvalue weighted by molar-refractivity contribution is 5.64. The number of amides is 1. The Kier molecular flexibility index (Phi) is 6.01. The van der Waals surface area contributed by atoms with Gasteiger partial charge in [-0.25, -0.2) is 4.68 Å². The molecule has 1 heterocycles. The Bertz CT molecular complexity index is 920. The number of benzene rings is 2. The van der Waals surface area contributed by atoms with Gasteiger partial charge in [-0.1, -0.05) is 0 Å². The van der Waals surface area contributed by atoms with Crippen LogP contribution in [0.5, 0.6) is 17.4 Å². The van der Waals surface area contributed by atoms with Gasteiger partial charge in [0.25, 0.3) is 0 Å². The van der Waals surface area contributed by atoms with Gasteiger partial charge < -0.3 is 29.4 Å². The molecule has 1 amide bonds. The minimum atomic E-state index is -1.32. The lowest BCUT2D eigenvalue weighted by atomic mass is 10.1. The molecule has 0 aliphatic rings. The highest BCUT2D eigenvalue weighted by Crippen LogP contribution is 2.29. The van der Waals surface area contributed by atoms with Crippen LogP contribution in [-0.4, -0.2) is 43.2 Å². The van der Waals surface area contributed by atoms with Crippen LogP contribution in [0.2, 0.25) is 0 Å². The summed E-state index contributed by atoms with van der Waals surface area (Å²) in [4.78, 5) is 10.3.